The molecule has 184 valence electrons. The van der Waals surface area contributed by atoms with E-state index in [4.69, 9.17) is 18.6 Å². The van der Waals surface area contributed by atoms with Gasteiger partial charge in [-0.1, -0.05) is 30.3 Å². The van der Waals surface area contributed by atoms with E-state index in [1.54, 1.807) is 18.2 Å². The number of esters is 1. The summed E-state index contributed by atoms with van der Waals surface area (Å²) in [6.45, 7) is 1.95. The van der Waals surface area contributed by atoms with Gasteiger partial charge < -0.3 is 23.7 Å². The van der Waals surface area contributed by atoms with E-state index >= 15 is 0 Å². The van der Waals surface area contributed by atoms with E-state index in [1.807, 2.05) is 12.1 Å². The Labute approximate surface area is 203 Å². The fraction of sp³-hybridized carbons (Fsp3) is 0.333. The molecule has 1 aliphatic heterocycles. The van der Waals surface area contributed by atoms with Crippen molar-refractivity contribution in [1.29, 1.82) is 0 Å². The fourth-order valence-corrected chi connectivity index (χ4v) is 4.46. The number of hydrogen-bond donors (Lipinski definition) is 1. The number of fused-ring (bicyclic) bond motifs is 1. The van der Waals surface area contributed by atoms with Crippen LogP contribution in [0.1, 0.15) is 40.5 Å². The zero-order valence-corrected chi connectivity index (χ0v) is 20.1. The number of aromatic hydroxyl groups is 1. The molecule has 0 unspecified atom stereocenters. The van der Waals surface area contributed by atoms with Crippen LogP contribution in [0.3, 0.4) is 0 Å². The molecule has 1 N–H and O–H groups in total. The van der Waals surface area contributed by atoms with Crippen LogP contribution < -0.4 is 14.9 Å². The molecule has 0 fully saturated rings. The van der Waals surface area contributed by atoms with Crippen LogP contribution in [-0.4, -0.2) is 43.8 Å². The van der Waals surface area contributed by atoms with Gasteiger partial charge in [0.2, 0.25) is 11.2 Å². The number of nitrogens with zero attached hydrogens (tertiary/aromatic N) is 1. The lowest BCUT2D eigenvalue weighted by Gasteiger charge is -2.28. The second kappa shape index (κ2) is 10.7. The van der Waals surface area contributed by atoms with Crippen molar-refractivity contribution >= 4 is 5.97 Å². The van der Waals surface area contributed by atoms with Crippen molar-refractivity contribution in [3.8, 4) is 17.2 Å². The highest BCUT2D eigenvalue weighted by Gasteiger charge is 2.28. The lowest BCUT2D eigenvalue weighted by molar-refractivity contribution is -0.140. The molecule has 0 radical (unpaired) electrons. The zero-order valence-electron chi connectivity index (χ0n) is 20.1. The van der Waals surface area contributed by atoms with E-state index < -0.39 is 23.1 Å². The summed E-state index contributed by atoms with van der Waals surface area (Å²) in [7, 11) is 4.32. The van der Waals surface area contributed by atoms with Gasteiger partial charge in [-0.05, 0) is 35.2 Å². The molecule has 0 bridgehead atoms. The monoisotopic (exact) mass is 479 g/mol. The predicted molar refractivity (Wildman–Crippen MR) is 129 cm³/mol. The van der Waals surface area contributed by atoms with Gasteiger partial charge in [-0.2, -0.15) is 0 Å². The quantitative estimate of drug-likeness (QED) is 0.489. The Kier molecular flexibility index (Phi) is 7.41. The van der Waals surface area contributed by atoms with Crippen LogP contribution in [0, 0.1) is 0 Å². The normalized spacial score (nSPS) is 14.1. The second-order valence-corrected chi connectivity index (χ2v) is 8.47. The van der Waals surface area contributed by atoms with Gasteiger partial charge in [0, 0.05) is 19.2 Å². The SMILES string of the molecule is COC(=O)C[C@H](c1ccc(OC)c(OC)c1)c1oc(CN2CCc3ccccc3C2)cc(=O)c1O. The maximum Gasteiger partial charge on any atom is 0.306 e. The highest BCUT2D eigenvalue weighted by atomic mass is 16.5. The summed E-state index contributed by atoms with van der Waals surface area (Å²) < 4.78 is 21.7. The van der Waals surface area contributed by atoms with E-state index in [0.29, 0.717) is 29.4 Å². The fourth-order valence-electron chi connectivity index (χ4n) is 4.46. The zero-order chi connectivity index (χ0) is 24.9. The molecule has 35 heavy (non-hydrogen) atoms. The Hall–Kier alpha value is -3.78. The Bertz CT molecular complexity index is 1270. The highest BCUT2D eigenvalue weighted by Crippen LogP contribution is 2.38. The predicted octanol–water partition coefficient (Wildman–Crippen LogP) is 3.62. The van der Waals surface area contributed by atoms with Gasteiger partial charge in [0.25, 0.3) is 0 Å². The van der Waals surface area contributed by atoms with Crippen LogP contribution in [0.5, 0.6) is 17.2 Å². The lowest BCUT2D eigenvalue weighted by atomic mass is 9.91. The molecule has 0 aliphatic carbocycles. The van der Waals surface area contributed by atoms with Crippen LogP contribution in [0.15, 0.2) is 57.7 Å². The number of rotatable bonds is 8. The molecule has 2 aromatic carbocycles. The van der Waals surface area contributed by atoms with Gasteiger partial charge >= 0.3 is 5.97 Å². The number of methoxy groups -OCH3 is 3. The standard InChI is InChI=1S/C27H29NO7/c1-32-23-9-8-18(12-24(23)33-2)21(14-25(30)34-3)27-26(31)22(29)13-20(35-27)16-28-11-10-17-6-4-5-7-19(17)15-28/h4-9,12-13,21,31H,10-11,14-16H2,1-3H3/t21-/m1/s1. The summed E-state index contributed by atoms with van der Waals surface area (Å²) in [5.41, 5.74) is 2.61. The molecule has 0 spiro atoms. The molecule has 1 atom stereocenters. The van der Waals surface area contributed by atoms with Crippen LogP contribution >= 0.6 is 0 Å². The highest BCUT2D eigenvalue weighted by molar-refractivity contribution is 5.71. The summed E-state index contributed by atoms with van der Waals surface area (Å²) in [5, 5.41) is 10.7. The topological polar surface area (TPSA) is 98.4 Å². The minimum absolute atomic E-state index is 0.0162. The number of hydrogen-bond acceptors (Lipinski definition) is 8. The van der Waals surface area contributed by atoms with Gasteiger partial charge in [-0.3, -0.25) is 14.5 Å². The van der Waals surface area contributed by atoms with Crippen molar-refractivity contribution in [2.24, 2.45) is 0 Å². The molecule has 2 heterocycles. The van der Waals surface area contributed by atoms with Crippen molar-refractivity contribution < 1.29 is 28.5 Å². The molecule has 8 nitrogen and oxygen atoms in total. The van der Waals surface area contributed by atoms with Gasteiger partial charge in [0.15, 0.2) is 17.3 Å². The van der Waals surface area contributed by atoms with E-state index in [-0.39, 0.29) is 12.2 Å². The van der Waals surface area contributed by atoms with E-state index in [9.17, 15) is 14.7 Å². The maximum atomic E-state index is 12.7. The summed E-state index contributed by atoms with van der Waals surface area (Å²) >= 11 is 0. The first-order valence-corrected chi connectivity index (χ1v) is 11.4. The molecule has 3 aromatic rings. The Morgan fingerprint density at radius 1 is 1.06 bits per heavy atom. The molecule has 8 heteroatoms. The number of ether oxygens (including phenoxy) is 3. The second-order valence-electron chi connectivity index (χ2n) is 8.47. The average Bonchev–Trinajstić information content (AvgIpc) is 2.88. The van der Waals surface area contributed by atoms with Gasteiger partial charge in [-0.15, -0.1) is 0 Å². The third-order valence-electron chi connectivity index (χ3n) is 6.31. The van der Waals surface area contributed by atoms with E-state index in [2.05, 4.69) is 17.0 Å². The van der Waals surface area contributed by atoms with Crippen LogP contribution in [0.2, 0.25) is 0 Å². The van der Waals surface area contributed by atoms with E-state index in [0.717, 1.165) is 19.5 Å². The first kappa shape index (κ1) is 24.3. The molecular weight excluding hydrogens is 450 g/mol. The Morgan fingerprint density at radius 3 is 2.51 bits per heavy atom. The van der Waals surface area contributed by atoms with Crippen molar-refractivity contribution in [2.45, 2.75) is 31.8 Å². The first-order valence-electron chi connectivity index (χ1n) is 11.4. The van der Waals surface area contributed by atoms with Crippen molar-refractivity contribution in [1.82, 2.24) is 4.90 Å². The Balaban J connectivity index is 1.70. The van der Waals surface area contributed by atoms with Crippen molar-refractivity contribution in [3.63, 3.8) is 0 Å². The molecule has 0 saturated heterocycles. The van der Waals surface area contributed by atoms with Crippen LogP contribution in [0.25, 0.3) is 0 Å². The molecule has 0 saturated carbocycles. The van der Waals surface area contributed by atoms with Crippen LogP contribution in [0.4, 0.5) is 0 Å². The van der Waals surface area contributed by atoms with Crippen molar-refractivity contribution in [3.05, 3.63) is 87.0 Å². The summed E-state index contributed by atoms with van der Waals surface area (Å²) in [6.07, 6.45) is 0.769. The van der Waals surface area contributed by atoms with Gasteiger partial charge in [-0.25, -0.2) is 0 Å². The largest absolute Gasteiger partial charge is 0.502 e. The number of carbonyl (C=O) groups is 1. The third-order valence-corrected chi connectivity index (χ3v) is 6.31. The van der Waals surface area contributed by atoms with Crippen LogP contribution in [-0.2, 0) is 29.0 Å². The minimum Gasteiger partial charge on any atom is -0.502 e. The number of benzene rings is 2. The molecule has 1 aromatic heterocycles. The first-order chi connectivity index (χ1) is 16.9. The summed E-state index contributed by atoms with van der Waals surface area (Å²) in [6, 6.07) is 14.7. The maximum absolute atomic E-state index is 12.7. The van der Waals surface area contributed by atoms with Crippen molar-refractivity contribution in [2.75, 3.05) is 27.9 Å². The average molecular weight is 480 g/mol. The molecule has 4 rings (SSSR count). The Morgan fingerprint density at radius 2 is 1.80 bits per heavy atom. The lowest BCUT2D eigenvalue weighted by Crippen LogP contribution is -2.30. The molecular formula is C27H29NO7. The molecule has 1 aliphatic rings. The summed E-state index contributed by atoms with van der Waals surface area (Å²) in [5.74, 6) is -0.411. The van der Waals surface area contributed by atoms with Gasteiger partial charge in [0.05, 0.1) is 40.2 Å². The summed E-state index contributed by atoms with van der Waals surface area (Å²) in [4.78, 5) is 27.2. The minimum atomic E-state index is -0.767. The van der Waals surface area contributed by atoms with E-state index in [1.165, 1.54) is 38.5 Å². The molecule has 0 amide bonds. The van der Waals surface area contributed by atoms with Gasteiger partial charge in [0.1, 0.15) is 5.76 Å². The number of carbonyl (C=O) groups excluding carboxylic acids is 1. The third kappa shape index (κ3) is 5.33. The smallest absolute Gasteiger partial charge is 0.306 e.